The van der Waals surface area contributed by atoms with Gasteiger partial charge < -0.3 is 10.2 Å². The van der Waals surface area contributed by atoms with Crippen molar-refractivity contribution >= 4 is 11.5 Å². The van der Waals surface area contributed by atoms with Gasteiger partial charge in [-0.15, -0.1) is 0 Å². The highest BCUT2D eigenvalue weighted by molar-refractivity contribution is 5.63. The summed E-state index contributed by atoms with van der Waals surface area (Å²) >= 11 is 0. The predicted octanol–water partition coefficient (Wildman–Crippen LogP) is 1.44. The van der Waals surface area contributed by atoms with Crippen molar-refractivity contribution in [2.24, 2.45) is 0 Å². The summed E-state index contributed by atoms with van der Waals surface area (Å²) in [6.07, 6.45) is 3.00. The van der Waals surface area contributed by atoms with Crippen molar-refractivity contribution in [2.45, 2.75) is 0 Å². The van der Waals surface area contributed by atoms with E-state index < -0.39 is 0 Å². The summed E-state index contributed by atoms with van der Waals surface area (Å²) in [5.41, 5.74) is 7.31. The molecule has 3 rings (SSSR count). The largest absolute Gasteiger partial charge is 0.463 e. The molecule has 0 amide bonds. The quantitative estimate of drug-likeness (QED) is 0.676. The van der Waals surface area contributed by atoms with E-state index in [2.05, 4.69) is 10.1 Å². The summed E-state index contributed by atoms with van der Waals surface area (Å²) in [6.45, 7) is 0. The van der Waals surface area contributed by atoms with Gasteiger partial charge in [-0.2, -0.15) is 14.9 Å². The van der Waals surface area contributed by atoms with Crippen LogP contribution in [0.5, 0.6) is 0 Å². The fourth-order valence-electron chi connectivity index (χ4n) is 1.58. The van der Waals surface area contributed by atoms with Crippen molar-refractivity contribution in [1.29, 1.82) is 5.26 Å². The third kappa shape index (κ3) is 1.33. The highest BCUT2D eigenvalue weighted by Crippen LogP contribution is 2.21. The van der Waals surface area contributed by atoms with Crippen molar-refractivity contribution in [3.8, 4) is 17.5 Å². The fraction of sp³-hybridized carbons (Fsp3) is 0. The van der Waals surface area contributed by atoms with Gasteiger partial charge in [0, 0.05) is 6.07 Å². The van der Waals surface area contributed by atoms with Gasteiger partial charge in [-0.1, -0.05) is 0 Å². The summed E-state index contributed by atoms with van der Waals surface area (Å²) in [4.78, 5) is 4.10. The molecule has 82 valence electrons. The van der Waals surface area contributed by atoms with Crippen LogP contribution in [0.1, 0.15) is 5.56 Å². The van der Waals surface area contributed by atoms with E-state index in [0.29, 0.717) is 22.7 Å². The first-order valence-electron chi connectivity index (χ1n) is 4.88. The molecular weight excluding hydrogens is 218 g/mol. The number of nitrogens with zero attached hydrogens (tertiary/aromatic N) is 4. The van der Waals surface area contributed by atoms with Crippen molar-refractivity contribution in [3.63, 3.8) is 0 Å². The lowest BCUT2D eigenvalue weighted by molar-refractivity contribution is 0.579. The van der Waals surface area contributed by atoms with Crippen molar-refractivity contribution in [3.05, 3.63) is 36.2 Å². The van der Waals surface area contributed by atoms with Gasteiger partial charge in [-0.3, -0.25) is 0 Å². The van der Waals surface area contributed by atoms with Crippen LogP contribution in [0.15, 0.2) is 35.1 Å². The maximum Gasteiger partial charge on any atom is 0.158 e. The van der Waals surface area contributed by atoms with E-state index >= 15 is 0 Å². The van der Waals surface area contributed by atoms with Gasteiger partial charge in [0.15, 0.2) is 11.4 Å². The molecule has 6 heteroatoms. The van der Waals surface area contributed by atoms with E-state index in [-0.39, 0.29) is 5.82 Å². The van der Waals surface area contributed by atoms with Gasteiger partial charge in [-0.05, 0) is 12.1 Å². The lowest BCUT2D eigenvalue weighted by Crippen LogP contribution is -2.02. The number of aromatic nitrogens is 3. The van der Waals surface area contributed by atoms with E-state index in [9.17, 15) is 0 Å². The number of anilines is 1. The Morgan fingerprint density at radius 2 is 2.35 bits per heavy atom. The Labute approximate surface area is 95.9 Å². The van der Waals surface area contributed by atoms with Gasteiger partial charge >= 0.3 is 0 Å². The SMILES string of the molecule is N#Cc1cnc2cc(-c3ccco3)nn2c1N. The number of hydrogen-bond acceptors (Lipinski definition) is 5. The Bertz CT molecular complexity index is 720. The molecule has 0 saturated heterocycles. The van der Waals surface area contributed by atoms with Gasteiger partial charge in [-0.25, -0.2) is 4.98 Å². The van der Waals surface area contributed by atoms with Crippen LogP contribution in [0, 0.1) is 11.3 Å². The minimum Gasteiger partial charge on any atom is -0.463 e. The van der Waals surface area contributed by atoms with Crippen LogP contribution in [0.4, 0.5) is 5.82 Å². The van der Waals surface area contributed by atoms with Crippen LogP contribution >= 0.6 is 0 Å². The van der Waals surface area contributed by atoms with Crippen LogP contribution in [0.2, 0.25) is 0 Å². The lowest BCUT2D eigenvalue weighted by atomic mass is 10.3. The Hall–Kier alpha value is -2.81. The van der Waals surface area contributed by atoms with Gasteiger partial charge in [0.1, 0.15) is 23.1 Å². The molecular formula is C11H7N5O. The standard InChI is InChI=1S/C11H7N5O/c12-5-7-6-14-10-4-8(9-2-1-3-17-9)15-16(10)11(7)13/h1-4,6H,13H2. The molecule has 0 unspecified atom stereocenters. The first-order chi connectivity index (χ1) is 8.29. The molecule has 3 heterocycles. The second-order valence-corrected chi connectivity index (χ2v) is 3.45. The molecule has 2 N–H and O–H groups in total. The Balaban J connectivity index is 2.27. The molecule has 0 spiro atoms. The summed E-state index contributed by atoms with van der Waals surface area (Å²) in [5, 5.41) is 13.1. The Morgan fingerprint density at radius 1 is 1.47 bits per heavy atom. The zero-order valence-corrected chi connectivity index (χ0v) is 8.66. The molecule has 0 aromatic carbocycles. The van der Waals surface area contributed by atoms with Crippen LogP contribution in [0.25, 0.3) is 17.1 Å². The van der Waals surface area contributed by atoms with Gasteiger partial charge in [0.05, 0.1) is 12.5 Å². The first kappa shape index (κ1) is 9.42. The smallest absolute Gasteiger partial charge is 0.158 e. The minimum atomic E-state index is 0.273. The lowest BCUT2D eigenvalue weighted by Gasteiger charge is -1.98. The number of nitrogens with two attached hydrogens (primary N) is 1. The molecule has 0 aliphatic carbocycles. The van der Waals surface area contributed by atoms with Crippen LogP contribution in [-0.2, 0) is 0 Å². The van der Waals surface area contributed by atoms with E-state index in [1.54, 1.807) is 24.5 Å². The first-order valence-corrected chi connectivity index (χ1v) is 4.88. The molecule has 0 saturated carbocycles. The predicted molar refractivity (Wildman–Crippen MR) is 59.8 cm³/mol. The Kier molecular flexibility index (Phi) is 1.86. The average molecular weight is 225 g/mol. The van der Waals surface area contributed by atoms with Gasteiger partial charge in [0.2, 0.25) is 0 Å². The summed E-state index contributed by atoms with van der Waals surface area (Å²) in [5.74, 6) is 0.906. The molecule has 0 radical (unpaired) electrons. The monoisotopic (exact) mass is 225 g/mol. The van der Waals surface area contributed by atoms with Crippen LogP contribution < -0.4 is 5.73 Å². The summed E-state index contributed by atoms with van der Waals surface area (Å²) < 4.78 is 6.66. The van der Waals surface area contributed by atoms with Gasteiger partial charge in [0.25, 0.3) is 0 Å². The molecule has 0 aliphatic heterocycles. The fourth-order valence-corrected chi connectivity index (χ4v) is 1.58. The van der Waals surface area contributed by atoms with Crippen molar-refractivity contribution in [1.82, 2.24) is 14.6 Å². The van der Waals surface area contributed by atoms with E-state index in [1.165, 1.54) is 10.7 Å². The van der Waals surface area contributed by atoms with Crippen molar-refractivity contribution < 1.29 is 4.42 Å². The maximum atomic E-state index is 8.84. The third-order valence-corrected chi connectivity index (χ3v) is 2.41. The second-order valence-electron chi connectivity index (χ2n) is 3.45. The number of furan rings is 1. The third-order valence-electron chi connectivity index (χ3n) is 2.41. The number of rotatable bonds is 1. The summed E-state index contributed by atoms with van der Waals surface area (Å²) in [7, 11) is 0. The maximum absolute atomic E-state index is 8.84. The number of fused-ring (bicyclic) bond motifs is 1. The highest BCUT2D eigenvalue weighted by atomic mass is 16.3. The van der Waals surface area contributed by atoms with Crippen molar-refractivity contribution in [2.75, 3.05) is 5.73 Å². The molecule has 0 bridgehead atoms. The molecule has 3 aromatic rings. The molecule has 0 atom stereocenters. The van der Waals surface area contributed by atoms with Crippen LogP contribution in [-0.4, -0.2) is 14.6 Å². The summed E-state index contributed by atoms with van der Waals surface area (Å²) in [6, 6.07) is 7.28. The molecule has 6 nitrogen and oxygen atoms in total. The molecule has 0 fully saturated rings. The van der Waals surface area contributed by atoms with E-state index in [0.717, 1.165) is 0 Å². The molecule has 17 heavy (non-hydrogen) atoms. The highest BCUT2D eigenvalue weighted by Gasteiger charge is 2.11. The topological polar surface area (TPSA) is 93.1 Å². The normalized spacial score (nSPS) is 10.5. The molecule has 3 aromatic heterocycles. The number of nitriles is 1. The Morgan fingerprint density at radius 3 is 3.06 bits per heavy atom. The number of hydrogen-bond donors (Lipinski definition) is 1. The average Bonchev–Trinajstić information content (AvgIpc) is 2.98. The molecule has 0 aliphatic rings. The zero-order valence-electron chi connectivity index (χ0n) is 8.66. The second kappa shape index (κ2) is 3.35. The van der Waals surface area contributed by atoms with E-state index in [1.807, 2.05) is 6.07 Å². The van der Waals surface area contributed by atoms with E-state index in [4.69, 9.17) is 15.4 Å². The number of nitrogen functional groups attached to an aromatic ring is 1. The zero-order chi connectivity index (χ0) is 11.8. The minimum absolute atomic E-state index is 0.273. The van der Waals surface area contributed by atoms with Crippen LogP contribution in [0.3, 0.4) is 0 Å².